The summed E-state index contributed by atoms with van der Waals surface area (Å²) in [7, 11) is 1.36. The lowest BCUT2D eigenvalue weighted by Crippen LogP contribution is -2.38. The molecule has 2 heterocycles. The summed E-state index contributed by atoms with van der Waals surface area (Å²) in [4.78, 5) is 29.6. The minimum absolute atomic E-state index is 0.179. The second-order valence-electron chi connectivity index (χ2n) is 6.45. The zero-order chi connectivity index (χ0) is 19.0. The molecule has 1 aliphatic rings. The number of aromatic amines is 1. The van der Waals surface area contributed by atoms with Gasteiger partial charge in [-0.1, -0.05) is 17.7 Å². The van der Waals surface area contributed by atoms with Crippen LogP contribution in [-0.4, -0.2) is 35.5 Å². The number of hydrogen-bond donors (Lipinski definition) is 2. The highest BCUT2D eigenvalue weighted by Crippen LogP contribution is 2.29. The number of hydrogen-bond acceptors (Lipinski definition) is 3. The van der Waals surface area contributed by atoms with E-state index < -0.39 is 0 Å². The molecule has 0 radical (unpaired) electrons. The normalized spacial score (nSPS) is 13.3. The molecule has 2 aromatic carbocycles. The summed E-state index contributed by atoms with van der Waals surface area (Å²) in [5.74, 6) is -0.377. The molecule has 1 aromatic heterocycles. The third-order valence-electron chi connectivity index (χ3n) is 4.76. The molecular formula is C20H18ClN3O3. The van der Waals surface area contributed by atoms with Crippen molar-refractivity contribution in [1.82, 2.24) is 9.88 Å². The van der Waals surface area contributed by atoms with Crippen LogP contribution in [0.5, 0.6) is 0 Å². The minimum atomic E-state index is -0.377. The van der Waals surface area contributed by atoms with Crippen molar-refractivity contribution in [3.05, 3.63) is 64.3 Å². The van der Waals surface area contributed by atoms with E-state index >= 15 is 0 Å². The average molecular weight is 384 g/mol. The van der Waals surface area contributed by atoms with Gasteiger partial charge in [0.1, 0.15) is 0 Å². The van der Waals surface area contributed by atoms with E-state index in [0.717, 1.165) is 28.6 Å². The highest BCUT2D eigenvalue weighted by molar-refractivity contribution is 6.30. The van der Waals surface area contributed by atoms with Crippen LogP contribution in [0, 0.1) is 0 Å². The SMILES string of the molecule is COC(=O)c1ccc2[nH]c3c(c2c1)CN(C(=O)Nc1cccc(Cl)c1)CC3. The molecule has 27 heavy (non-hydrogen) atoms. The van der Waals surface area contributed by atoms with E-state index in [-0.39, 0.29) is 12.0 Å². The first kappa shape index (κ1) is 17.4. The predicted octanol–water partition coefficient (Wildman–Crippen LogP) is 4.20. The number of nitrogens with zero attached hydrogens (tertiary/aromatic N) is 1. The fraction of sp³-hybridized carbons (Fsp3) is 0.200. The molecule has 4 rings (SSSR count). The monoisotopic (exact) mass is 383 g/mol. The molecule has 138 valence electrons. The van der Waals surface area contributed by atoms with Crippen molar-refractivity contribution in [1.29, 1.82) is 0 Å². The molecule has 0 bridgehead atoms. The molecule has 0 aliphatic carbocycles. The second kappa shape index (κ2) is 6.96. The second-order valence-corrected chi connectivity index (χ2v) is 6.88. The molecule has 2 N–H and O–H groups in total. The van der Waals surface area contributed by atoms with Crippen molar-refractivity contribution in [3.8, 4) is 0 Å². The van der Waals surface area contributed by atoms with Crippen molar-refractivity contribution >= 4 is 40.2 Å². The summed E-state index contributed by atoms with van der Waals surface area (Å²) in [6, 6.07) is 12.3. The van der Waals surface area contributed by atoms with Crippen LogP contribution in [-0.2, 0) is 17.7 Å². The molecule has 2 amide bonds. The number of esters is 1. The first-order valence-corrected chi connectivity index (χ1v) is 8.96. The first-order valence-electron chi connectivity index (χ1n) is 8.58. The van der Waals surface area contributed by atoms with E-state index in [4.69, 9.17) is 16.3 Å². The molecule has 0 spiro atoms. The lowest BCUT2D eigenvalue weighted by Gasteiger charge is -2.27. The molecule has 0 fully saturated rings. The Morgan fingerprint density at radius 2 is 2.07 bits per heavy atom. The van der Waals surface area contributed by atoms with Gasteiger partial charge in [0.15, 0.2) is 0 Å². The number of rotatable bonds is 2. The van der Waals surface area contributed by atoms with Gasteiger partial charge in [0.2, 0.25) is 0 Å². The number of aromatic nitrogens is 1. The van der Waals surface area contributed by atoms with E-state index in [0.29, 0.717) is 29.4 Å². The lowest BCUT2D eigenvalue weighted by atomic mass is 10.0. The van der Waals surface area contributed by atoms with Crippen molar-refractivity contribution in [3.63, 3.8) is 0 Å². The molecule has 6 nitrogen and oxygen atoms in total. The summed E-state index contributed by atoms with van der Waals surface area (Å²) in [6.07, 6.45) is 0.723. The number of ether oxygens (including phenoxy) is 1. The number of carbonyl (C=O) groups excluding carboxylic acids is 2. The topological polar surface area (TPSA) is 74.4 Å². The summed E-state index contributed by atoms with van der Waals surface area (Å²) in [5, 5.41) is 4.39. The number of H-pyrrole nitrogens is 1. The molecular weight excluding hydrogens is 366 g/mol. The summed E-state index contributed by atoms with van der Waals surface area (Å²) < 4.78 is 4.81. The highest BCUT2D eigenvalue weighted by Gasteiger charge is 2.24. The zero-order valence-corrected chi connectivity index (χ0v) is 15.5. The number of methoxy groups -OCH3 is 1. The molecule has 3 aromatic rings. The smallest absolute Gasteiger partial charge is 0.337 e. The number of anilines is 1. The number of nitrogens with one attached hydrogen (secondary N) is 2. The summed E-state index contributed by atoms with van der Waals surface area (Å²) in [5.41, 5.74) is 4.23. The summed E-state index contributed by atoms with van der Waals surface area (Å²) in [6.45, 7) is 1.07. The average Bonchev–Trinajstić information content (AvgIpc) is 3.04. The Bertz CT molecular complexity index is 1040. The Kier molecular flexibility index (Phi) is 4.49. The highest BCUT2D eigenvalue weighted by atomic mass is 35.5. The van der Waals surface area contributed by atoms with Gasteiger partial charge in [-0.3, -0.25) is 0 Å². The third-order valence-corrected chi connectivity index (χ3v) is 4.99. The fourth-order valence-corrected chi connectivity index (χ4v) is 3.59. The Hall–Kier alpha value is -2.99. The Balaban J connectivity index is 1.59. The van der Waals surface area contributed by atoms with Crippen LogP contribution >= 0.6 is 11.6 Å². The van der Waals surface area contributed by atoms with E-state index in [1.54, 1.807) is 35.2 Å². The van der Waals surface area contributed by atoms with Crippen LogP contribution in [0.4, 0.5) is 10.5 Å². The van der Waals surface area contributed by atoms with Crippen LogP contribution in [0.25, 0.3) is 10.9 Å². The van der Waals surface area contributed by atoms with Crippen LogP contribution in [0.3, 0.4) is 0 Å². The fourth-order valence-electron chi connectivity index (χ4n) is 3.40. The van der Waals surface area contributed by atoms with Crippen LogP contribution in [0.2, 0.25) is 5.02 Å². The van der Waals surface area contributed by atoms with Gasteiger partial charge in [-0.05, 0) is 36.4 Å². The maximum Gasteiger partial charge on any atom is 0.337 e. The molecule has 7 heteroatoms. The lowest BCUT2D eigenvalue weighted by molar-refractivity contribution is 0.0601. The van der Waals surface area contributed by atoms with Crippen molar-refractivity contribution in [2.24, 2.45) is 0 Å². The molecule has 0 saturated carbocycles. The van der Waals surface area contributed by atoms with Crippen LogP contribution < -0.4 is 5.32 Å². The van der Waals surface area contributed by atoms with E-state index in [2.05, 4.69) is 10.3 Å². The maximum absolute atomic E-state index is 12.7. The van der Waals surface area contributed by atoms with Gasteiger partial charge < -0.3 is 19.9 Å². The van der Waals surface area contributed by atoms with E-state index in [1.807, 2.05) is 12.1 Å². The van der Waals surface area contributed by atoms with Gasteiger partial charge in [0.05, 0.1) is 12.7 Å². The van der Waals surface area contributed by atoms with Gasteiger partial charge in [-0.15, -0.1) is 0 Å². The number of amides is 2. The largest absolute Gasteiger partial charge is 0.465 e. The zero-order valence-electron chi connectivity index (χ0n) is 14.7. The quantitative estimate of drug-likeness (QED) is 0.651. The van der Waals surface area contributed by atoms with E-state index in [9.17, 15) is 9.59 Å². The Morgan fingerprint density at radius 3 is 2.85 bits per heavy atom. The van der Waals surface area contributed by atoms with Gasteiger partial charge >= 0.3 is 12.0 Å². The van der Waals surface area contributed by atoms with Crippen molar-refractivity contribution in [2.75, 3.05) is 19.0 Å². The van der Waals surface area contributed by atoms with Crippen LogP contribution in [0.1, 0.15) is 21.6 Å². The predicted molar refractivity (Wildman–Crippen MR) is 104 cm³/mol. The molecule has 0 unspecified atom stereocenters. The first-order chi connectivity index (χ1) is 13.0. The molecule has 1 aliphatic heterocycles. The number of fused-ring (bicyclic) bond motifs is 3. The van der Waals surface area contributed by atoms with Crippen molar-refractivity contribution in [2.45, 2.75) is 13.0 Å². The van der Waals surface area contributed by atoms with Gasteiger partial charge in [0, 0.05) is 52.4 Å². The Morgan fingerprint density at radius 1 is 1.22 bits per heavy atom. The number of urea groups is 1. The molecule has 0 atom stereocenters. The maximum atomic E-state index is 12.7. The Labute approximate surface area is 161 Å². The minimum Gasteiger partial charge on any atom is -0.465 e. The van der Waals surface area contributed by atoms with Crippen LogP contribution in [0.15, 0.2) is 42.5 Å². The number of benzene rings is 2. The third kappa shape index (κ3) is 3.36. The van der Waals surface area contributed by atoms with E-state index in [1.165, 1.54) is 7.11 Å². The number of halogens is 1. The standard InChI is InChI=1S/C20H18ClN3O3/c1-27-19(25)12-5-6-17-15(9-12)16-11-24(8-7-18(16)23-17)20(26)22-14-4-2-3-13(21)10-14/h2-6,9-10,23H,7-8,11H2,1H3,(H,22,26). The van der Waals surface area contributed by atoms with Crippen molar-refractivity contribution < 1.29 is 14.3 Å². The van der Waals surface area contributed by atoms with Gasteiger partial charge in [0.25, 0.3) is 0 Å². The summed E-state index contributed by atoms with van der Waals surface area (Å²) >= 11 is 5.98. The number of carbonyl (C=O) groups is 2. The molecule has 0 saturated heterocycles. The van der Waals surface area contributed by atoms with Gasteiger partial charge in [-0.25, -0.2) is 9.59 Å². The van der Waals surface area contributed by atoms with Gasteiger partial charge in [-0.2, -0.15) is 0 Å².